The predicted molar refractivity (Wildman–Crippen MR) is 70.2 cm³/mol. The summed E-state index contributed by atoms with van der Waals surface area (Å²) in [4.78, 5) is 13.5. The number of carbonyl (C=O) groups excluding carboxylic acids is 1. The summed E-state index contributed by atoms with van der Waals surface area (Å²) >= 11 is 0. The number of phenolic OH excluding ortho intramolecular Hbond substituents is 1. The first-order valence-electron chi connectivity index (χ1n) is 6.41. The Labute approximate surface area is 108 Å². The molecule has 1 amide bonds. The van der Waals surface area contributed by atoms with Crippen molar-refractivity contribution < 1.29 is 9.90 Å². The first kappa shape index (κ1) is 12.9. The molecule has 0 aromatic heterocycles. The van der Waals surface area contributed by atoms with Crippen LogP contribution in [-0.4, -0.2) is 35.5 Å². The van der Waals surface area contributed by atoms with E-state index >= 15 is 0 Å². The Morgan fingerprint density at radius 1 is 1.44 bits per heavy atom. The van der Waals surface area contributed by atoms with Gasteiger partial charge in [0.2, 0.25) is 5.91 Å². The van der Waals surface area contributed by atoms with E-state index in [9.17, 15) is 9.90 Å². The summed E-state index contributed by atoms with van der Waals surface area (Å²) in [6.07, 6.45) is 2.99. The minimum Gasteiger partial charge on any atom is -0.508 e. The molecule has 18 heavy (non-hydrogen) atoms. The van der Waals surface area contributed by atoms with E-state index in [4.69, 9.17) is 0 Å². The first-order valence-corrected chi connectivity index (χ1v) is 6.41. The zero-order valence-corrected chi connectivity index (χ0v) is 10.7. The van der Waals surface area contributed by atoms with Gasteiger partial charge in [0, 0.05) is 38.2 Å². The molecule has 2 N–H and O–H groups in total. The number of para-hydroxylation sites is 1. The van der Waals surface area contributed by atoms with Crippen molar-refractivity contribution in [1.82, 2.24) is 10.2 Å². The first-order chi connectivity index (χ1) is 8.66. The summed E-state index contributed by atoms with van der Waals surface area (Å²) in [6.45, 7) is 1.20. The fraction of sp³-hybridized carbons (Fsp3) is 0.500. The molecule has 0 aliphatic heterocycles. The highest BCUT2D eigenvalue weighted by Gasteiger charge is 2.20. The number of nitrogens with one attached hydrogen (secondary N) is 1. The van der Waals surface area contributed by atoms with Crippen LogP contribution in [0.2, 0.25) is 0 Å². The number of amides is 1. The Balaban J connectivity index is 1.77. The van der Waals surface area contributed by atoms with Crippen molar-refractivity contribution in [3.63, 3.8) is 0 Å². The highest BCUT2D eigenvalue weighted by Crippen LogP contribution is 2.19. The normalized spacial score (nSPS) is 14.5. The zero-order chi connectivity index (χ0) is 13.0. The third kappa shape index (κ3) is 3.74. The summed E-state index contributed by atoms with van der Waals surface area (Å²) in [5, 5.41) is 13.0. The maximum absolute atomic E-state index is 11.9. The van der Waals surface area contributed by atoms with Crippen molar-refractivity contribution in [1.29, 1.82) is 0 Å². The molecular formula is C14H20N2O2. The average Bonchev–Trinajstić information content (AvgIpc) is 3.16. The number of hydrogen-bond donors (Lipinski definition) is 2. The lowest BCUT2D eigenvalue weighted by Gasteiger charge is -2.18. The molecule has 0 saturated heterocycles. The van der Waals surface area contributed by atoms with Crippen molar-refractivity contribution >= 4 is 5.91 Å². The smallest absolute Gasteiger partial charge is 0.223 e. The molecule has 1 aliphatic carbocycles. The predicted octanol–water partition coefficient (Wildman–Crippen LogP) is 1.49. The highest BCUT2D eigenvalue weighted by atomic mass is 16.3. The molecule has 1 fully saturated rings. The SMILES string of the molecule is CN(Cc1ccccc1O)C(=O)CCNC1CC1. The van der Waals surface area contributed by atoms with E-state index in [-0.39, 0.29) is 11.7 Å². The molecule has 0 unspecified atom stereocenters. The number of phenols is 1. The van der Waals surface area contributed by atoms with E-state index in [2.05, 4.69) is 5.32 Å². The Kier molecular flexibility index (Phi) is 4.20. The van der Waals surface area contributed by atoms with E-state index in [0.717, 1.165) is 12.1 Å². The molecule has 4 nitrogen and oxygen atoms in total. The largest absolute Gasteiger partial charge is 0.508 e. The van der Waals surface area contributed by atoms with E-state index < -0.39 is 0 Å². The van der Waals surface area contributed by atoms with Gasteiger partial charge in [-0.1, -0.05) is 18.2 Å². The number of aromatic hydroxyl groups is 1. The minimum atomic E-state index is 0.103. The zero-order valence-electron chi connectivity index (χ0n) is 10.7. The van der Waals surface area contributed by atoms with Crippen LogP contribution in [0.15, 0.2) is 24.3 Å². The third-order valence-corrected chi connectivity index (χ3v) is 3.17. The van der Waals surface area contributed by atoms with Gasteiger partial charge in [0.15, 0.2) is 0 Å². The molecule has 1 aliphatic rings. The molecule has 4 heteroatoms. The molecule has 0 atom stereocenters. The summed E-state index contributed by atoms with van der Waals surface area (Å²) in [6, 6.07) is 7.76. The average molecular weight is 248 g/mol. The van der Waals surface area contributed by atoms with Crippen LogP contribution in [0.4, 0.5) is 0 Å². The maximum Gasteiger partial charge on any atom is 0.223 e. The number of benzene rings is 1. The van der Waals surface area contributed by atoms with Gasteiger partial charge in [0.05, 0.1) is 0 Å². The second-order valence-corrected chi connectivity index (χ2v) is 4.86. The second-order valence-electron chi connectivity index (χ2n) is 4.86. The Morgan fingerprint density at radius 2 is 2.17 bits per heavy atom. The lowest BCUT2D eigenvalue weighted by atomic mass is 10.2. The van der Waals surface area contributed by atoms with Crippen LogP contribution in [0.25, 0.3) is 0 Å². The van der Waals surface area contributed by atoms with Crippen LogP contribution in [0.1, 0.15) is 24.8 Å². The molecular weight excluding hydrogens is 228 g/mol. The lowest BCUT2D eigenvalue weighted by Crippen LogP contribution is -2.30. The molecule has 1 aromatic carbocycles. The number of hydrogen-bond acceptors (Lipinski definition) is 3. The summed E-state index contributed by atoms with van der Waals surface area (Å²) in [5.41, 5.74) is 0.781. The monoisotopic (exact) mass is 248 g/mol. The van der Waals surface area contributed by atoms with Crippen molar-refractivity contribution in [2.45, 2.75) is 31.8 Å². The topological polar surface area (TPSA) is 52.6 Å². The Hall–Kier alpha value is -1.55. The van der Waals surface area contributed by atoms with Gasteiger partial charge in [-0.15, -0.1) is 0 Å². The molecule has 0 spiro atoms. The maximum atomic E-state index is 11.9. The van der Waals surface area contributed by atoms with Gasteiger partial charge >= 0.3 is 0 Å². The van der Waals surface area contributed by atoms with Crippen LogP contribution >= 0.6 is 0 Å². The van der Waals surface area contributed by atoms with Gasteiger partial charge < -0.3 is 15.3 Å². The van der Waals surface area contributed by atoms with E-state index in [1.807, 2.05) is 12.1 Å². The molecule has 0 radical (unpaired) electrons. The van der Waals surface area contributed by atoms with E-state index in [1.165, 1.54) is 12.8 Å². The Morgan fingerprint density at radius 3 is 2.83 bits per heavy atom. The summed E-state index contributed by atoms with van der Waals surface area (Å²) in [5.74, 6) is 0.347. The van der Waals surface area contributed by atoms with Crippen LogP contribution in [0.5, 0.6) is 5.75 Å². The van der Waals surface area contributed by atoms with Crippen molar-refractivity contribution in [2.24, 2.45) is 0 Å². The fourth-order valence-electron chi connectivity index (χ4n) is 1.85. The van der Waals surface area contributed by atoms with Crippen LogP contribution < -0.4 is 5.32 Å². The van der Waals surface area contributed by atoms with E-state index in [1.54, 1.807) is 24.1 Å². The van der Waals surface area contributed by atoms with Gasteiger partial charge in [-0.25, -0.2) is 0 Å². The van der Waals surface area contributed by atoms with Gasteiger partial charge in [-0.05, 0) is 18.9 Å². The van der Waals surface area contributed by atoms with Gasteiger partial charge in [0.25, 0.3) is 0 Å². The van der Waals surface area contributed by atoms with Gasteiger partial charge in [-0.2, -0.15) is 0 Å². The lowest BCUT2D eigenvalue weighted by molar-refractivity contribution is -0.130. The minimum absolute atomic E-state index is 0.103. The Bertz CT molecular complexity index is 416. The molecule has 0 heterocycles. The number of rotatable bonds is 6. The second kappa shape index (κ2) is 5.87. The van der Waals surface area contributed by atoms with Gasteiger partial charge in [0.1, 0.15) is 5.75 Å². The van der Waals surface area contributed by atoms with Crippen LogP contribution in [0.3, 0.4) is 0 Å². The third-order valence-electron chi connectivity index (χ3n) is 3.17. The van der Waals surface area contributed by atoms with Crippen molar-refractivity contribution in [3.05, 3.63) is 29.8 Å². The molecule has 1 saturated carbocycles. The van der Waals surface area contributed by atoms with Gasteiger partial charge in [-0.3, -0.25) is 4.79 Å². The standard InChI is InChI=1S/C14H20N2O2/c1-16(10-11-4-2-3-5-13(11)17)14(18)8-9-15-12-6-7-12/h2-5,12,15,17H,6-10H2,1H3. The van der Waals surface area contributed by atoms with Crippen LogP contribution in [0, 0.1) is 0 Å². The molecule has 1 aromatic rings. The molecule has 0 bridgehead atoms. The fourth-order valence-corrected chi connectivity index (χ4v) is 1.85. The number of carbonyl (C=O) groups is 1. The van der Waals surface area contributed by atoms with Crippen LogP contribution in [-0.2, 0) is 11.3 Å². The van der Waals surface area contributed by atoms with Crippen molar-refractivity contribution in [3.8, 4) is 5.75 Å². The molecule has 98 valence electrons. The molecule has 2 rings (SSSR count). The van der Waals surface area contributed by atoms with E-state index in [0.29, 0.717) is 19.0 Å². The number of nitrogens with zero attached hydrogens (tertiary/aromatic N) is 1. The summed E-state index contributed by atoms with van der Waals surface area (Å²) in [7, 11) is 1.77. The highest BCUT2D eigenvalue weighted by molar-refractivity contribution is 5.76. The van der Waals surface area contributed by atoms with Crippen molar-refractivity contribution in [2.75, 3.05) is 13.6 Å². The summed E-state index contributed by atoms with van der Waals surface area (Å²) < 4.78 is 0. The quantitative estimate of drug-likeness (QED) is 0.802.